The number of ketones is 1. The van der Waals surface area contributed by atoms with Gasteiger partial charge in [0.25, 0.3) is 0 Å². The number of aliphatic carboxylic acids is 5. The molecule has 1 spiro atoms. The van der Waals surface area contributed by atoms with E-state index in [0.29, 0.717) is 19.3 Å². The van der Waals surface area contributed by atoms with E-state index in [4.69, 9.17) is 19.3 Å². The third-order valence-electron chi connectivity index (χ3n) is 12.6. The normalized spacial score (nSPS) is 43.7. The Morgan fingerprint density at radius 3 is 2.04 bits per heavy atom. The fourth-order valence-electron chi connectivity index (χ4n) is 10.3. The zero-order valence-electron chi connectivity index (χ0n) is 26.6. The number of rotatable bonds is 11. The SMILES string of the molecule is CC(CCC(=O)O)C1CCC2C3C(=O)CC4CC(O)(OC(CC(=O)O)C(=O)O)CCC4(C)C3CC3(OC(C(=O)O)C(C(=O)O)O3)C12C. The van der Waals surface area contributed by atoms with Crippen molar-refractivity contribution in [2.75, 3.05) is 0 Å². The molecule has 1 saturated heterocycles. The maximum Gasteiger partial charge on any atom is 0.336 e. The first-order valence-corrected chi connectivity index (χ1v) is 16.2. The number of hydrogen-bond acceptors (Lipinski definition) is 10. The molecule has 0 bridgehead atoms. The summed E-state index contributed by atoms with van der Waals surface area (Å²) in [6, 6.07) is 0. The molecule has 0 aromatic carbocycles. The second-order valence-electron chi connectivity index (χ2n) is 14.9. The van der Waals surface area contributed by atoms with Crippen LogP contribution in [-0.4, -0.2) is 96.2 Å². The summed E-state index contributed by atoms with van der Waals surface area (Å²) in [4.78, 5) is 73.3. The van der Waals surface area contributed by atoms with E-state index < -0.39 is 101 Å². The minimum absolute atomic E-state index is 0.0187. The summed E-state index contributed by atoms with van der Waals surface area (Å²) < 4.78 is 18.1. The first-order chi connectivity index (χ1) is 21.8. The molecule has 262 valence electrons. The first-order valence-electron chi connectivity index (χ1n) is 16.2. The minimum Gasteiger partial charge on any atom is -0.481 e. The van der Waals surface area contributed by atoms with Crippen molar-refractivity contribution < 1.29 is 73.6 Å². The third-order valence-corrected chi connectivity index (χ3v) is 12.6. The molecule has 4 saturated carbocycles. The lowest BCUT2D eigenvalue weighted by molar-refractivity contribution is -0.324. The molecular formula is C32H44O15. The summed E-state index contributed by atoms with van der Waals surface area (Å²) >= 11 is 0. The first kappa shape index (κ1) is 35.2. The monoisotopic (exact) mass is 668 g/mol. The summed E-state index contributed by atoms with van der Waals surface area (Å²) in [5.74, 6) is -13.3. The Balaban J connectivity index is 1.53. The highest BCUT2D eigenvalue weighted by Crippen LogP contribution is 2.73. The molecule has 0 aromatic rings. The highest BCUT2D eigenvalue weighted by molar-refractivity contribution is 5.85. The molecule has 0 amide bonds. The van der Waals surface area contributed by atoms with Crippen LogP contribution in [0.5, 0.6) is 0 Å². The number of Topliss-reactive ketones (excluding diaryl/α,β-unsaturated/α-hetero) is 1. The van der Waals surface area contributed by atoms with Crippen LogP contribution >= 0.6 is 0 Å². The summed E-state index contributed by atoms with van der Waals surface area (Å²) in [5, 5.41) is 59.5. The van der Waals surface area contributed by atoms with Gasteiger partial charge in [0.15, 0.2) is 29.9 Å². The number of ether oxygens (including phenoxy) is 3. The van der Waals surface area contributed by atoms with Crippen molar-refractivity contribution in [3.63, 3.8) is 0 Å². The molecule has 12 unspecified atom stereocenters. The Labute approximate surface area is 270 Å². The minimum atomic E-state index is -2.02. The van der Waals surface area contributed by atoms with Crippen LogP contribution in [0.4, 0.5) is 0 Å². The van der Waals surface area contributed by atoms with Crippen molar-refractivity contribution in [3.05, 3.63) is 0 Å². The Hall–Kier alpha value is -3.14. The molecule has 15 nitrogen and oxygen atoms in total. The van der Waals surface area contributed by atoms with Crippen LogP contribution in [0, 0.1) is 46.3 Å². The van der Waals surface area contributed by atoms with E-state index in [-0.39, 0.29) is 56.1 Å². The van der Waals surface area contributed by atoms with Gasteiger partial charge in [0.1, 0.15) is 5.78 Å². The van der Waals surface area contributed by atoms with Crippen LogP contribution in [0.1, 0.15) is 85.0 Å². The third kappa shape index (κ3) is 5.72. The van der Waals surface area contributed by atoms with Gasteiger partial charge in [-0.3, -0.25) is 14.4 Å². The molecule has 5 fully saturated rings. The van der Waals surface area contributed by atoms with Gasteiger partial charge in [0.05, 0.1) is 6.42 Å². The highest BCUT2D eigenvalue weighted by Gasteiger charge is 2.76. The molecular weight excluding hydrogens is 624 g/mol. The fraction of sp³-hybridized carbons (Fsp3) is 0.812. The number of aliphatic hydroxyl groups is 1. The standard InChI is InChI=1S/C32H44O15/c1-14(4-7-21(34)35)16-5-6-17-23-18(13-32(30(16,17)3)46-24(27(40)41)25(47-32)28(42)43)29(2)8-9-31(44,12-15(29)10-19(23)33)45-20(26(38)39)11-22(36)37/h14-18,20,23-25,44H,4-13H2,1-3H3,(H,34,35)(H,36,37)(H,38,39)(H,40,41)(H,42,43). The van der Waals surface area contributed by atoms with E-state index in [1.54, 1.807) is 0 Å². The smallest absolute Gasteiger partial charge is 0.336 e. The Morgan fingerprint density at radius 1 is 0.894 bits per heavy atom. The van der Waals surface area contributed by atoms with Gasteiger partial charge in [0.2, 0.25) is 0 Å². The van der Waals surface area contributed by atoms with E-state index in [1.807, 2.05) is 20.8 Å². The molecule has 5 rings (SSSR count). The van der Waals surface area contributed by atoms with Gasteiger partial charge < -0.3 is 44.8 Å². The number of carbonyl (C=O) groups excluding carboxylic acids is 1. The van der Waals surface area contributed by atoms with E-state index in [9.17, 15) is 54.3 Å². The van der Waals surface area contributed by atoms with Crippen molar-refractivity contribution >= 4 is 35.6 Å². The summed E-state index contributed by atoms with van der Waals surface area (Å²) in [6.07, 6.45) is -5.00. The number of carboxylic acids is 5. The maximum absolute atomic E-state index is 14.2. The van der Waals surface area contributed by atoms with Crippen LogP contribution in [0.15, 0.2) is 0 Å². The largest absolute Gasteiger partial charge is 0.481 e. The molecule has 12 atom stereocenters. The van der Waals surface area contributed by atoms with Gasteiger partial charge in [-0.25, -0.2) is 14.4 Å². The zero-order valence-corrected chi connectivity index (χ0v) is 26.6. The lowest BCUT2D eigenvalue weighted by Crippen LogP contribution is -2.67. The number of fused-ring (bicyclic) bond motifs is 6. The van der Waals surface area contributed by atoms with Gasteiger partial charge in [-0.15, -0.1) is 0 Å². The van der Waals surface area contributed by atoms with Crippen LogP contribution < -0.4 is 0 Å². The lowest BCUT2D eigenvalue weighted by Gasteiger charge is -2.65. The van der Waals surface area contributed by atoms with Crippen LogP contribution in [0.3, 0.4) is 0 Å². The second-order valence-corrected chi connectivity index (χ2v) is 14.9. The number of carbonyl (C=O) groups is 6. The molecule has 6 N–H and O–H groups in total. The van der Waals surface area contributed by atoms with E-state index >= 15 is 0 Å². The molecule has 4 aliphatic carbocycles. The number of hydrogen-bond donors (Lipinski definition) is 6. The summed E-state index contributed by atoms with van der Waals surface area (Å²) in [7, 11) is 0. The summed E-state index contributed by atoms with van der Waals surface area (Å²) in [6.45, 7) is 5.70. The molecule has 47 heavy (non-hydrogen) atoms. The van der Waals surface area contributed by atoms with Gasteiger partial charge >= 0.3 is 29.8 Å². The zero-order chi connectivity index (χ0) is 34.9. The molecule has 5 aliphatic rings. The van der Waals surface area contributed by atoms with E-state index in [1.165, 1.54) is 0 Å². The predicted octanol–water partition coefficient (Wildman–Crippen LogP) is 2.22. The molecule has 1 heterocycles. The quantitative estimate of drug-likeness (QED) is 0.173. The Bertz CT molecular complexity index is 1320. The van der Waals surface area contributed by atoms with Crippen molar-refractivity contribution in [1.82, 2.24) is 0 Å². The van der Waals surface area contributed by atoms with Gasteiger partial charge in [-0.1, -0.05) is 20.8 Å². The fourth-order valence-corrected chi connectivity index (χ4v) is 10.3. The van der Waals surface area contributed by atoms with Crippen molar-refractivity contribution in [2.24, 2.45) is 46.3 Å². The summed E-state index contributed by atoms with van der Waals surface area (Å²) in [5.41, 5.74) is -1.75. The lowest BCUT2D eigenvalue weighted by atomic mass is 9.42. The van der Waals surface area contributed by atoms with Gasteiger partial charge in [-0.2, -0.15) is 0 Å². The second kappa shape index (κ2) is 12.1. The molecule has 0 aromatic heterocycles. The van der Waals surface area contributed by atoms with Crippen molar-refractivity contribution in [3.8, 4) is 0 Å². The molecule has 0 radical (unpaired) electrons. The van der Waals surface area contributed by atoms with Crippen LogP contribution in [-0.2, 0) is 43.0 Å². The Kier molecular flexibility index (Phi) is 9.04. The average molecular weight is 669 g/mol. The van der Waals surface area contributed by atoms with Gasteiger partial charge in [-0.05, 0) is 60.7 Å². The molecule has 1 aliphatic heterocycles. The van der Waals surface area contributed by atoms with E-state index in [2.05, 4.69) is 0 Å². The highest BCUT2D eigenvalue weighted by atomic mass is 16.8. The van der Waals surface area contributed by atoms with Crippen molar-refractivity contribution in [1.29, 1.82) is 0 Å². The predicted molar refractivity (Wildman–Crippen MR) is 154 cm³/mol. The van der Waals surface area contributed by atoms with Crippen LogP contribution in [0.25, 0.3) is 0 Å². The average Bonchev–Trinajstić information content (AvgIpc) is 3.53. The van der Waals surface area contributed by atoms with Crippen molar-refractivity contribution in [2.45, 2.75) is 115 Å². The maximum atomic E-state index is 14.2. The van der Waals surface area contributed by atoms with Gasteiger partial charge in [0, 0.05) is 43.4 Å². The Morgan fingerprint density at radius 2 is 1.51 bits per heavy atom. The topological polar surface area (TPSA) is 251 Å². The number of carboxylic acid groups (broad SMARTS) is 5. The van der Waals surface area contributed by atoms with Crippen LogP contribution in [0.2, 0.25) is 0 Å². The molecule has 15 heteroatoms. The van der Waals surface area contributed by atoms with E-state index in [0.717, 1.165) is 0 Å².